The van der Waals surface area contributed by atoms with Gasteiger partial charge in [0.25, 0.3) is 17.6 Å². The lowest BCUT2D eigenvalue weighted by molar-refractivity contribution is -0.245. The van der Waals surface area contributed by atoms with Gasteiger partial charge in [0.15, 0.2) is 16.6 Å². The van der Waals surface area contributed by atoms with Crippen LogP contribution < -0.4 is 22.1 Å². The lowest BCUT2D eigenvalue weighted by atomic mass is 9.79. The van der Waals surface area contributed by atoms with Crippen molar-refractivity contribution in [3.8, 4) is 11.3 Å². The molecule has 4 aliphatic heterocycles. The minimum absolute atomic E-state index is 0.0150. The second-order valence-corrected chi connectivity index (χ2v) is 34.0. The van der Waals surface area contributed by atoms with E-state index >= 15 is 0 Å². The summed E-state index contributed by atoms with van der Waals surface area (Å²) in [7, 11) is 3.21. The molecule has 5 aliphatic rings. The summed E-state index contributed by atoms with van der Waals surface area (Å²) in [6.45, 7) is 16.4. The number of hydrogen-bond acceptors (Lipinski definition) is 30. The first-order chi connectivity index (χ1) is 59.4. The van der Waals surface area contributed by atoms with E-state index < -0.39 is 89.6 Å². The molecule has 0 spiro atoms. The lowest BCUT2D eigenvalue weighted by Gasteiger charge is -2.40. The predicted octanol–water partition coefficient (Wildman–Crippen LogP) is 7.00. The Morgan fingerprint density at radius 2 is 1.50 bits per heavy atom. The summed E-state index contributed by atoms with van der Waals surface area (Å²) in [5, 5.41) is 55.0. The van der Waals surface area contributed by atoms with Crippen LogP contribution in [0.15, 0.2) is 77.7 Å². The summed E-state index contributed by atoms with van der Waals surface area (Å²) < 4.78 is 68.1. The third-order valence-electron chi connectivity index (χ3n) is 23.3. The fraction of sp³-hybridized carbons (Fsp3) is 0.693. The molecule has 1 aliphatic carbocycles. The topological polar surface area (TPSA) is 448 Å². The molecule has 1 saturated carbocycles. The number of fused-ring (bicyclic) bond motifs is 4. The normalized spacial score (nSPS) is 26.4. The van der Waals surface area contributed by atoms with Crippen LogP contribution in [0.5, 0.6) is 0 Å². The van der Waals surface area contributed by atoms with Gasteiger partial charge in [-0.15, -0.1) is 5.10 Å². The molecular formula is C88H133N13O21S. The number of nitrogens with one attached hydrogen (secondary N) is 2. The van der Waals surface area contributed by atoms with Crippen LogP contribution in [0.3, 0.4) is 0 Å². The number of aliphatic imine (C=N–C) groups is 1. The van der Waals surface area contributed by atoms with E-state index in [4.69, 9.17) is 68.7 Å². The molecule has 0 radical (unpaired) electrons. The Balaban J connectivity index is 0.601. The summed E-state index contributed by atoms with van der Waals surface area (Å²) in [6, 6.07) is 5.09. The van der Waals surface area contributed by atoms with Gasteiger partial charge in [-0.3, -0.25) is 33.8 Å². The first-order valence-electron chi connectivity index (χ1n) is 43.9. The number of esters is 1. The number of amidine groups is 1. The Morgan fingerprint density at radius 3 is 2.22 bits per heavy atom. The lowest BCUT2D eigenvalue weighted by Crippen LogP contribution is -2.58. The van der Waals surface area contributed by atoms with Gasteiger partial charge in [-0.05, 0) is 145 Å². The number of aryl methyl sites for hydroxylation is 2. The number of Topliss-reactive ketones (excluding diaryl/α,β-unsaturated/α-hetero) is 3. The largest absolute Gasteiger partial charge is 0.459 e. The number of allylic oxidation sites excluding steroid dienone is 5. The van der Waals surface area contributed by atoms with Crippen LogP contribution in [0.2, 0.25) is 0 Å². The summed E-state index contributed by atoms with van der Waals surface area (Å²) in [5.74, 6) is -7.63. The smallest absolute Gasteiger partial charge is 0.329 e. The van der Waals surface area contributed by atoms with E-state index in [9.17, 15) is 48.9 Å². The van der Waals surface area contributed by atoms with Crippen molar-refractivity contribution in [1.82, 2.24) is 50.3 Å². The van der Waals surface area contributed by atoms with Gasteiger partial charge in [0.05, 0.1) is 134 Å². The number of ether oxygens (including phenoxy) is 11. The monoisotopic (exact) mass is 1740 g/mol. The Bertz CT molecular complexity index is 4110. The Labute approximate surface area is 726 Å². The average Bonchev–Trinajstić information content (AvgIpc) is 1.71. The molecule has 2 saturated heterocycles. The SMILES string of the molecule is CO[C@H]1C[C@@H]2CCC[C@@](O)(O2)C(=O)C(=O)N2CCCC[C@H]2C(=O)OC([C@H](N)C[C@@H]2CC[C@@H](OCCCCc3cn(CCOCCOCCOCCOCCOCCOCCC(=O)NCCCCn4nc(-c5cccc(C(=O)NC6=NCCS6)c5)c5c(N)ncnc54)nn3)[C@H](OC)C2)CC(=O)[C@H](C)C[C@H](C)[C@@H](O)[C@@H](O)C(=O)[C@H](C)C[C@H](C)/C=C/C=CC=C1C. The van der Waals surface area contributed by atoms with Crippen molar-refractivity contribution >= 4 is 74.8 Å². The van der Waals surface area contributed by atoms with Crippen LogP contribution in [0.25, 0.3) is 22.3 Å². The van der Waals surface area contributed by atoms with Crippen molar-refractivity contribution in [2.24, 2.45) is 40.3 Å². The molecule has 3 fully saturated rings. The van der Waals surface area contributed by atoms with Crippen molar-refractivity contribution in [3.05, 3.63) is 84.0 Å². The maximum Gasteiger partial charge on any atom is 0.329 e. The molecule has 1 unspecified atom stereocenters. The number of carbonyl (C=O) groups is 7. The summed E-state index contributed by atoms with van der Waals surface area (Å²) >= 11 is 1.51. The number of anilines is 1. The van der Waals surface area contributed by atoms with E-state index in [-0.39, 0.29) is 93.3 Å². The van der Waals surface area contributed by atoms with Crippen molar-refractivity contribution in [3.63, 3.8) is 0 Å². The Hall–Kier alpha value is -7.72. The number of benzene rings is 1. The molecule has 34 nitrogen and oxygen atoms in total. The van der Waals surface area contributed by atoms with Crippen LogP contribution in [0.4, 0.5) is 5.82 Å². The first kappa shape index (κ1) is 99.1. The van der Waals surface area contributed by atoms with Crippen LogP contribution in [-0.4, -0.2) is 287 Å². The highest BCUT2D eigenvalue weighted by Crippen LogP contribution is 2.37. The molecule has 2 bridgehead atoms. The molecule has 3 aromatic heterocycles. The van der Waals surface area contributed by atoms with Crippen LogP contribution in [-0.2, 0) is 100 Å². The number of cyclic esters (lactones) is 1. The zero-order valence-corrected chi connectivity index (χ0v) is 73.6. The maximum absolute atomic E-state index is 14.6. The number of unbranched alkanes of at least 4 members (excludes halogenated alkanes) is 2. The number of aliphatic hydroxyl groups excluding tert-OH is 2. The molecular weight excluding hydrogens is 1610 g/mol. The van der Waals surface area contributed by atoms with Crippen molar-refractivity contribution in [2.45, 2.75) is 237 Å². The number of ketones is 3. The predicted molar refractivity (Wildman–Crippen MR) is 461 cm³/mol. The van der Waals surface area contributed by atoms with E-state index in [1.165, 1.54) is 18.1 Å². The summed E-state index contributed by atoms with van der Waals surface area (Å²) in [5.41, 5.74) is 17.4. The fourth-order valence-electron chi connectivity index (χ4n) is 16.2. The number of amides is 3. The van der Waals surface area contributed by atoms with Gasteiger partial charge in [0.2, 0.25) is 11.7 Å². The zero-order valence-electron chi connectivity index (χ0n) is 72.8. The summed E-state index contributed by atoms with van der Waals surface area (Å²) in [6.07, 6.45) is 15.6. The average molecular weight is 1740 g/mol. The molecule has 9 N–H and O–H groups in total. The van der Waals surface area contributed by atoms with E-state index in [0.29, 0.717) is 221 Å². The molecule has 3 amide bonds. The van der Waals surface area contributed by atoms with E-state index in [2.05, 4.69) is 35.9 Å². The number of thioether (sulfide) groups is 1. The molecule has 123 heavy (non-hydrogen) atoms. The quantitative estimate of drug-likeness (QED) is 0.0134. The van der Waals surface area contributed by atoms with Gasteiger partial charge < -0.3 is 94.4 Å². The Morgan fingerprint density at radius 1 is 0.772 bits per heavy atom. The number of nitrogens with zero attached hydrogens (tertiary/aromatic N) is 9. The highest BCUT2D eigenvalue weighted by Gasteiger charge is 2.50. The van der Waals surface area contributed by atoms with Gasteiger partial charge in [-0.25, -0.2) is 24.1 Å². The molecule has 1 aromatic carbocycles. The first-order valence-corrected chi connectivity index (χ1v) is 44.9. The van der Waals surface area contributed by atoms with Crippen LogP contribution >= 0.6 is 11.8 Å². The van der Waals surface area contributed by atoms with Gasteiger partial charge in [-0.2, -0.15) is 5.10 Å². The molecule has 682 valence electrons. The minimum Gasteiger partial charge on any atom is -0.459 e. The van der Waals surface area contributed by atoms with Gasteiger partial charge in [0.1, 0.15) is 41.9 Å². The number of methoxy groups -OCH3 is 2. The summed E-state index contributed by atoms with van der Waals surface area (Å²) in [4.78, 5) is 111. The van der Waals surface area contributed by atoms with Crippen molar-refractivity contribution in [2.75, 3.05) is 131 Å². The molecule has 9 rings (SSSR count). The number of rotatable bonds is 39. The molecule has 4 aromatic rings. The number of carbonyl (C=O) groups excluding carboxylic acids is 7. The molecule has 7 heterocycles. The van der Waals surface area contributed by atoms with Gasteiger partial charge in [0, 0.05) is 107 Å². The standard InChI is InChI=1S/C88H133N13O21S/c1-58-19-9-8-10-20-59(2)72(112-6)54-67-24-18-29-88(111,122-67)81(107)85(109)100-32-14-11-25-69(100)86(110)121-73(55-70(102)60(3)50-62(5)79(105)80(106)78(104)61(4)49-58)68(89)51-63-26-27-71(74(52-63)113-7)120-35-16-12-23-66-56-99(98-96-66)34-37-115-39-41-117-43-45-119-47-46-118-44-42-116-40-38-114-36-28-75(103)91-30-13-15-33-101-83-76(82(90)93-57-94-83)77(97-101)64-21-17-22-65(53-64)84(108)95-87-92-31-48-123-87/h8-10,17,19-22,53,56-58,60-63,67-69,71-74,79-80,105-106,111H,11-16,18,23-52,54-55,89H2,1-7H3,(H,91,103)(H2,90,93,94)(H,92,95,108)/b10-8?,19-9+,59-20?/t58-,60-,61-,62+,63+,67+,68-,69+,71-,72+,73?,74-,79-,80+,88-/m1/s1. The van der Waals surface area contributed by atoms with E-state index in [1.54, 1.807) is 62.6 Å². The van der Waals surface area contributed by atoms with Crippen molar-refractivity contribution < 1.29 is 101 Å². The van der Waals surface area contributed by atoms with Crippen molar-refractivity contribution in [1.29, 1.82) is 0 Å². The van der Waals surface area contributed by atoms with Crippen LogP contribution in [0, 0.1) is 29.6 Å². The number of piperidine rings is 1. The number of aliphatic hydroxyl groups is 3. The number of nitrogen functional groups attached to an aromatic ring is 1. The molecule has 15 atom stereocenters. The third-order valence-corrected chi connectivity index (χ3v) is 24.2. The van der Waals surface area contributed by atoms with Gasteiger partial charge >= 0.3 is 5.97 Å². The highest BCUT2D eigenvalue weighted by atomic mass is 32.2. The fourth-order valence-corrected chi connectivity index (χ4v) is 16.9. The molecule has 35 heteroatoms. The second kappa shape index (κ2) is 52.4. The zero-order chi connectivity index (χ0) is 88.1. The maximum atomic E-state index is 14.6. The number of aromatic nitrogens is 7. The van der Waals surface area contributed by atoms with Gasteiger partial charge in [-0.1, -0.05) is 87.2 Å². The number of hydrogen-bond donors (Lipinski definition) is 7. The van der Waals surface area contributed by atoms with E-state index in [1.807, 2.05) is 56.5 Å². The minimum atomic E-state index is -2.44. The number of nitrogens with two attached hydrogens (primary N) is 2. The van der Waals surface area contributed by atoms with Crippen LogP contribution in [0.1, 0.15) is 173 Å². The second-order valence-electron chi connectivity index (χ2n) is 32.9. The third kappa shape index (κ3) is 31.7. The highest BCUT2D eigenvalue weighted by molar-refractivity contribution is 8.14. The Kier molecular flexibility index (Phi) is 42.2. The van der Waals surface area contributed by atoms with E-state index in [0.717, 1.165) is 34.8 Å².